The van der Waals surface area contributed by atoms with Gasteiger partial charge in [0.1, 0.15) is 0 Å². The molecule has 1 aromatic carbocycles. The highest BCUT2D eigenvalue weighted by atomic mass is 16.5. The van der Waals surface area contributed by atoms with Gasteiger partial charge < -0.3 is 14.5 Å². The molecule has 2 amide bonds. The Hall–Kier alpha value is -2.97. The van der Waals surface area contributed by atoms with E-state index in [2.05, 4.69) is 22.1 Å². The predicted octanol–water partition coefficient (Wildman–Crippen LogP) is 0.948. The molecule has 2 aliphatic heterocycles. The number of carbonyl (C=O) groups is 2. The Labute approximate surface area is 182 Å². The van der Waals surface area contributed by atoms with Crippen molar-refractivity contribution >= 4 is 17.9 Å². The van der Waals surface area contributed by atoms with E-state index in [0.717, 1.165) is 5.56 Å². The average Bonchev–Trinajstić information content (AvgIpc) is 3.26. The van der Waals surface area contributed by atoms with E-state index >= 15 is 0 Å². The molecule has 0 atom stereocenters. The van der Waals surface area contributed by atoms with Gasteiger partial charge in [-0.1, -0.05) is 30.3 Å². The lowest BCUT2D eigenvalue weighted by Gasteiger charge is -2.35. The minimum Gasteiger partial charge on any atom is -0.378 e. The third-order valence-corrected chi connectivity index (χ3v) is 5.67. The van der Waals surface area contributed by atoms with Crippen LogP contribution in [0, 0.1) is 0 Å². The van der Waals surface area contributed by atoms with Crippen LogP contribution in [-0.4, -0.2) is 95.3 Å². The molecule has 1 aromatic heterocycles. The molecule has 4 rings (SSSR count). The van der Waals surface area contributed by atoms with Gasteiger partial charge in [-0.3, -0.25) is 19.2 Å². The molecule has 164 valence electrons. The van der Waals surface area contributed by atoms with Gasteiger partial charge in [-0.05, 0) is 11.6 Å². The van der Waals surface area contributed by atoms with Gasteiger partial charge in [0.15, 0.2) is 0 Å². The summed E-state index contributed by atoms with van der Waals surface area (Å²) in [6.07, 6.45) is 7.12. The van der Waals surface area contributed by atoms with Gasteiger partial charge in [0.25, 0.3) is 0 Å². The number of amides is 2. The van der Waals surface area contributed by atoms with E-state index in [0.29, 0.717) is 65.6 Å². The molecular weight excluding hydrogens is 394 g/mol. The fourth-order valence-corrected chi connectivity index (χ4v) is 3.83. The second-order valence-corrected chi connectivity index (χ2v) is 7.88. The van der Waals surface area contributed by atoms with E-state index in [1.165, 1.54) is 5.56 Å². The lowest BCUT2D eigenvalue weighted by molar-refractivity contribution is -0.137. The molecule has 2 saturated heterocycles. The summed E-state index contributed by atoms with van der Waals surface area (Å²) in [7, 11) is 0. The van der Waals surface area contributed by atoms with Crippen LogP contribution in [0.3, 0.4) is 0 Å². The largest absolute Gasteiger partial charge is 0.378 e. The molecule has 8 heteroatoms. The van der Waals surface area contributed by atoms with Gasteiger partial charge in [-0.25, -0.2) is 0 Å². The normalized spacial score (nSPS) is 17.9. The van der Waals surface area contributed by atoms with Gasteiger partial charge in [0, 0.05) is 57.1 Å². The predicted molar refractivity (Wildman–Crippen MR) is 117 cm³/mol. The summed E-state index contributed by atoms with van der Waals surface area (Å²) >= 11 is 0. The van der Waals surface area contributed by atoms with E-state index in [-0.39, 0.29) is 11.8 Å². The number of carbonyl (C=O) groups excluding carboxylic acids is 2. The number of ether oxygens (including phenoxy) is 1. The van der Waals surface area contributed by atoms with Crippen LogP contribution >= 0.6 is 0 Å². The monoisotopic (exact) mass is 423 g/mol. The maximum atomic E-state index is 12.5. The minimum absolute atomic E-state index is 0.00466. The first kappa shape index (κ1) is 21.3. The maximum Gasteiger partial charge on any atom is 0.246 e. The number of rotatable bonds is 6. The summed E-state index contributed by atoms with van der Waals surface area (Å²) in [5.74, 6) is 0.144. The maximum absolute atomic E-state index is 12.5. The zero-order chi connectivity index (χ0) is 21.5. The van der Waals surface area contributed by atoms with Crippen LogP contribution in [0.4, 0.5) is 0 Å². The molecule has 0 aliphatic carbocycles. The summed E-state index contributed by atoms with van der Waals surface area (Å²) in [5.41, 5.74) is 2.08. The zero-order valence-corrected chi connectivity index (χ0v) is 17.7. The Morgan fingerprint density at radius 3 is 2.45 bits per heavy atom. The molecule has 2 aromatic rings. The van der Waals surface area contributed by atoms with E-state index in [4.69, 9.17) is 4.74 Å². The number of benzene rings is 1. The fraction of sp³-hybridized carbons (Fsp3) is 0.435. The van der Waals surface area contributed by atoms with Crippen molar-refractivity contribution in [3.05, 3.63) is 59.9 Å². The van der Waals surface area contributed by atoms with E-state index in [1.54, 1.807) is 12.3 Å². The zero-order valence-electron chi connectivity index (χ0n) is 17.7. The van der Waals surface area contributed by atoms with Crippen molar-refractivity contribution in [2.24, 2.45) is 0 Å². The molecule has 31 heavy (non-hydrogen) atoms. The third kappa shape index (κ3) is 6.02. The number of aromatic nitrogens is 2. The Morgan fingerprint density at radius 1 is 0.968 bits per heavy atom. The summed E-state index contributed by atoms with van der Waals surface area (Å²) in [6, 6.07) is 10.1. The second kappa shape index (κ2) is 10.4. The first-order valence-corrected chi connectivity index (χ1v) is 10.8. The molecule has 0 radical (unpaired) electrons. The lowest BCUT2D eigenvalue weighted by Crippen LogP contribution is -2.52. The quantitative estimate of drug-likeness (QED) is 0.647. The first-order valence-electron chi connectivity index (χ1n) is 10.8. The third-order valence-electron chi connectivity index (χ3n) is 5.67. The summed E-state index contributed by atoms with van der Waals surface area (Å²) in [4.78, 5) is 30.8. The SMILES string of the molecule is O=C(/C=C/c1cnn(Cc2ccccc2)c1)N1CCN(CC(=O)N2CCOCC2)CC1. The van der Waals surface area contributed by atoms with Crippen LogP contribution in [0.15, 0.2) is 48.8 Å². The van der Waals surface area contributed by atoms with Gasteiger partial charge in [-0.2, -0.15) is 5.10 Å². The molecule has 0 spiro atoms. The average molecular weight is 424 g/mol. The topological polar surface area (TPSA) is 70.9 Å². The summed E-state index contributed by atoms with van der Waals surface area (Å²) in [6.45, 7) is 6.38. The highest BCUT2D eigenvalue weighted by molar-refractivity contribution is 5.91. The first-order chi connectivity index (χ1) is 15.2. The van der Waals surface area contributed by atoms with Crippen LogP contribution in [0.1, 0.15) is 11.1 Å². The number of nitrogens with zero attached hydrogens (tertiary/aromatic N) is 5. The molecule has 0 bridgehead atoms. The molecular formula is C23H29N5O3. The Balaban J connectivity index is 1.22. The lowest BCUT2D eigenvalue weighted by atomic mass is 10.2. The van der Waals surface area contributed by atoms with Crippen LogP contribution in [0.5, 0.6) is 0 Å². The summed E-state index contributed by atoms with van der Waals surface area (Å²) in [5, 5.41) is 4.37. The second-order valence-electron chi connectivity index (χ2n) is 7.88. The Kier molecular flexibility index (Phi) is 7.11. The molecule has 0 N–H and O–H groups in total. The van der Waals surface area contributed by atoms with Crippen LogP contribution < -0.4 is 0 Å². The standard InChI is InChI=1S/C23H29N5O3/c29-22(7-6-21-16-24-28(18-21)17-20-4-2-1-3-5-20)26-10-8-25(9-11-26)19-23(30)27-12-14-31-15-13-27/h1-7,16,18H,8-15,17,19H2/b7-6+. The Morgan fingerprint density at radius 2 is 1.71 bits per heavy atom. The smallest absolute Gasteiger partial charge is 0.246 e. The number of hydrogen-bond acceptors (Lipinski definition) is 5. The van der Waals surface area contributed by atoms with Crippen LogP contribution in [-0.2, 0) is 20.9 Å². The van der Waals surface area contributed by atoms with Gasteiger partial charge >= 0.3 is 0 Å². The van der Waals surface area contributed by atoms with Crippen molar-refractivity contribution in [1.82, 2.24) is 24.5 Å². The summed E-state index contributed by atoms with van der Waals surface area (Å²) < 4.78 is 7.16. The van der Waals surface area contributed by atoms with E-state index in [1.807, 2.05) is 45.0 Å². The number of morpholine rings is 1. The molecule has 0 saturated carbocycles. The molecule has 0 unspecified atom stereocenters. The molecule has 8 nitrogen and oxygen atoms in total. The molecule has 3 heterocycles. The van der Waals surface area contributed by atoms with Crippen molar-refractivity contribution in [3.8, 4) is 0 Å². The number of hydrogen-bond donors (Lipinski definition) is 0. The van der Waals surface area contributed by atoms with E-state index in [9.17, 15) is 9.59 Å². The van der Waals surface area contributed by atoms with Gasteiger partial charge in [0.2, 0.25) is 11.8 Å². The van der Waals surface area contributed by atoms with Crippen molar-refractivity contribution in [2.45, 2.75) is 6.54 Å². The minimum atomic E-state index is -0.00466. The highest BCUT2D eigenvalue weighted by Gasteiger charge is 2.24. The van der Waals surface area contributed by atoms with Crippen molar-refractivity contribution < 1.29 is 14.3 Å². The van der Waals surface area contributed by atoms with Crippen molar-refractivity contribution in [2.75, 3.05) is 59.0 Å². The molecule has 2 aliphatic rings. The van der Waals surface area contributed by atoms with E-state index < -0.39 is 0 Å². The van der Waals surface area contributed by atoms with Crippen molar-refractivity contribution in [1.29, 1.82) is 0 Å². The Bertz CT molecular complexity index is 897. The highest BCUT2D eigenvalue weighted by Crippen LogP contribution is 2.08. The number of piperazine rings is 1. The van der Waals surface area contributed by atoms with Gasteiger partial charge in [-0.15, -0.1) is 0 Å². The van der Waals surface area contributed by atoms with Gasteiger partial charge in [0.05, 0.1) is 32.5 Å². The van der Waals surface area contributed by atoms with Crippen molar-refractivity contribution in [3.63, 3.8) is 0 Å². The molecule has 2 fully saturated rings. The fourth-order valence-electron chi connectivity index (χ4n) is 3.83. The van der Waals surface area contributed by atoms with Crippen LogP contribution in [0.25, 0.3) is 6.08 Å². The van der Waals surface area contributed by atoms with Crippen LogP contribution in [0.2, 0.25) is 0 Å².